The lowest BCUT2D eigenvalue weighted by molar-refractivity contribution is 0.769. The van der Waals surface area contributed by atoms with Crippen LogP contribution in [0, 0.1) is 6.92 Å². The number of rotatable bonds is 4. The largest absolute Gasteiger partial charge is 0.329 e. The summed E-state index contributed by atoms with van der Waals surface area (Å²) in [5.74, 6) is 0.0821. The van der Waals surface area contributed by atoms with Gasteiger partial charge in [0.1, 0.15) is 5.01 Å². The van der Waals surface area contributed by atoms with Crippen molar-refractivity contribution < 1.29 is 0 Å². The highest BCUT2D eigenvalue weighted by atomic mass is 32.1. The molecule has 0 aliphatic carbocycles. The molecule has 0 amide bonds. The lowest BCUT2D eigenvalue weighted by Gasteiger charge is -2.08. The lowest BCUT2D eigenvalue weighted by Crippen LogP contribution is -2.14. The zero-order chi connectivity index (χ0) is 13.9. The van der Waals surface area contributed by atoms with E-state index in [9.17, 15) is 0 Å². The molecule has 1 atom stereocenters. The molecule has 20 heavy (non-hydrogen) atoms. The molecule has 102 valence electrons. The molecular weight excluding hydrogens is 268 g/mol. The van der Waals surface area contributed by atoms with Crippen LogP contribution in [-0.4, -0.2) is 21.7 Å². The van der Waals surface area contributed by atoms with Crippen molar-refractivity contribution in [2.45, 2.75) is 12.8 Å². The number of aryl methyl sites for hydroxylation is 1. The number of thiazole rings is 1. The molecule has 2 aromatic heterocycles. The quantitative estimate of drug-likeness (QED) is 0.774. The van der Waals surface area contributed by atoms with Crippen molar-refractivity contribution in [3.63, 3.8) is 0 Å². The van der Waals surface area contributed by atoms with Crippen molar-refractivity contribution in [3.8, 4) is 11.3 Å². The molecular formula is C15H16N4S. The molecule has 0 spiro atoms. The predicted octanol–water partition coefficient (Wildman–Crippen LogP) is 2.93. The van der Waals surface area contributed by atoms with E-state index in [1.807, 2.05) is 42.6 Å². The van der Waals surface area contributed by atoms with Crippen LogP contribution in [-0.2, 0) is 0 Å². The smallest absolute Gasteiger partial charge is 0.103 e. The van der Waals surface area contributed by atoms with Crippen LogP contribution in [0.5, 0.6) is 0 Å². The van der Waals surface area contributed by atoms with Crippen LogP contribution in [0.25, 0.3) is 11.3 Å². The normalized spacial score (nSPS) is 12.5. The second-order valence-electron chi connectivity index (χ2n) is 4.69. The van der Waals surface area contributed by atoms with Crippen LogP contribution in [0.2, 0.25) is 0 Å². The number of nitrogens with one attached hydrogen (secondary N) is 1. The van der Waals surface area contributed by atoms with Gasteiger partial charge in [0.15, 0.2) is 0 Å². The summed E-state index contributed by atoms with van der Waals surface area (Å²) in [4.78, 5) is 4.53. The van der Waals surface area contributed by atoms with E-state index >= 15 is 0 Å². The zero-order valence-corrected chi connectivity index (χ0v) is 12.0. The zero-order valence-electron chi connectivity index (χ0n) is 11.2. The topological polar surface area (TPSA) is 67.6 Å². The number of aromatic nitrogens is 3. The van der Waals surface area contributed by atoms with E-state index in [4.69, 9.17) is 5.73 Å². The Kier molecular flexibility index (Phi) is 3.62. The van der Waals surface area contributed by atoms with E-state index in [0.717, 1.165) is 27.7 Å². The van der Waals surface area contributed by atoms with E-state index in [1.165, 1.54) is 0 Å². The van der Waals surface area contributed by atoms with Gasteiger partial charge in [0.05, 0.1) is 11.6 Å². The molecule has 0 bridgehead atoms. The van der Waals surface area contributed by atoms with E-state index in [0.29, 0.717) is 6.54 Å². The Morgan fingerprint density at radius 3 is 2.75 bits per heavy atom. The van der Waals surface area contributed by atoms with Gasteiger partial charge in [0.2, 0.25) is 0 Å². The molecule has 1 aromatic carbocycles. The van der Waals surface area contributed by atoms with Gasteiger partial charge in [-0.2, -0.15) is 5.10 Å². The number of H-pyrrole nitrogens is 1. The molecule has 3 N–H and O–H groups in total. The molecule has 0 aliphatic heterocycles. The van der Waals surface area contributed by atoms with E-state index < -0.39 is 0 Å². The first-order chi connectivity index (χ1) is 9.78. The Morgan fingerprint density at radius 2 is 2.10 bits per heavy atom. The first-order valence-electron chi connectivity index (χ1n) is 6.50. The highest BCUT2D eigenvalue weighted by molar-refractivity contribution is 7.09. The summed E-state index contributed by atoms with van der Waals surface area (Å²) in [6.45, 7) is 2.51. The molecule has 0 fully saturated rings. The minimum Gasteiger partial charge on any atom is -0.329 e. The standard InChI is InChI=1S/C15H16N4S/c1-10-9-20-15(17-10)12(8-16)14-7-13(18-19-14)11-5-3-2-4-6-11/h2-7,9,12H,8,16H2,1H3,(H,18,19). The Labute approximate surface area is 121 Å². The average molecular weight is 284 g/mol. The number of nitrogens with two attached hydrogens (primary N) is 1. The number of hydrogen-bond acceptors (Lipinski definition) is 4. The number of nitrogens with zero attached hydrogens (tertiary/aromatic N) is 2. The minimum absolute atomic E-state index is 0.0821. The fourth-order valence-electron chi connectivity index (χ4n) is 2.16. The van der Waals surface area contributed by atoms with Crippen molar-refractivity contribution >= 4 is 11.3 Å². The molecule has 0 saturated heterocycles. The first-order valence-corrected chi connectivity index (χ1v) is 7.38. The average Bonchev–Trinajstić information content (AvgIpc) is 3.11. The van der Waals surface area contributed by atoms with Gasteiger partial charge in [-0.1, -0.05) is 30.3 Å². The molecule has 3 aromatic rings. The van der Waals surface area contributed by atoms with Crippen LogP contribution < -0.4 is 5.73 Å². The summed E-state index contributed by atoms with van der Waals surface area (Å²) in [6.07, 6.45) is 0. The van der Waals surface area contributed by atoms with E-state index in [2.05, 4.69) is 21.2 Å². The second-order valence-corrected chi connectivity index (χ2v) is 5.58. The van der Waals surface area contributed by atoms with Crippen LogP contribution in [0.1, 0.15) is 22.3 Å². The van der Waals surface area contributed by atoms with Gasteiger partial charge in [-0.15, -0.1) is 11.3 Å². The Hall–Kier alpha value is -1.98. The highest BCUT2D eigenvalue weighted by Gasteiger charge is 2.18. The van der Waals surface area contributed by atoms with Crippen molar-refractivity contribution in [2.24, 2.45) is 5.73 Å². The SMILES string of the molecule is Cc1csc(C(CN)c2cc(-c3ccccc3)n[nH]2)n1. The maximum atomic E-state index is 5.91. The Balaban J connectivity index is 1.92. The minimum atomic E-state index is 0.0821. The third-order valence-electron chi connectivity index (χ3n) is 3.21. The predicted molar refractivity (Wildman–Crippen MR) is 81.8 cm³/mol. The van der Waals surface area contributed by atoms with Crippen LogP contribution in [0.3, 0.4) is 0 Å². The summed E-state index contributed by atoms with van der Waals surface area (Å²) in [7, 11) is 0. The van der Waals surface area contributed by atoms with Gasteiger partial charge >= 0.3 is 0 Å². The van der Waals surface area contributed by atoms with Crippen molar-refractivity contribution in [1.29, 1.82) is 0 Å². The molecule has 2 heterocycles. The molecule has 5 heteroatoms. The summed E-state index contributed by atoms with van der Waals surface area (Å²) >= 11 is 1.64. The fraction of sp³-hybridized carbons (Fsp3) is 0.200. The summed E-state index contributed by atoms with van der Waals surface area (Å²) in [5.41, 5.74) is 10.00. The number of benzene rings is 1. The van der Waals surface area contributed by atoms with Crippen molar-refractivity contribution in [1.82, 2.24) is 15.2 Å². The number of hydrogen-bond donors (Lipinski definition) is 2. The van der Waals surface area contributed by atoms with Gasteiger partial charge in [-0.05, 0) is 13.0 Å². The maximum Gasteiger partial charge on any atom is 0.103 e. The molecule has 3 rings (SSSR count). The van der Waals surface area contributed by atoms with Crippen LogP contribution in [0.15, 0.2) is 41.8 Å². The third kappa shape index (κ3) is 2.50. The van der Waals surface area contributed by atoms with Gasteiger partial charge < -0.3 is 5.73 Å². The summed E-state index contributed by atoms with van der Waals surface area (Å²) in [5, 5.41) is 10.6. The fourth-order valence-corrected chi connectivity index (χ4v) is 3.09. The summed E-state index contributed by atoms with van der Waals surface area (Å²) in [6, 6.07) is 12.2. The second kappa shape index (κ2) is 5.56. The Bertz CT molecular complexity index is 687. The van der Waals surface area contributed by atoms with Gasteiger partial charge in [0, 0.05) is 28.9 Å². The van der Waals surface area contributed by atoms with Gasteiger partial charge in [0.25, 0.3) is 0 Å². The third-order valence-corrected chi connectivity index (χ3v) is 4.29. The molecule has 0 saturated carbocycles. The molecule has 1 unspecified atom stereocenters. The van der Waals surface area contributed by atoms with Crippen LogP contribution in [0.4, 0.5) is 0 Å². The van der Waals surface area contributed by atoms with Crippen molar-refractivity contribution in [2.75, 3.05) is 6.54 Å². The summed E-state index contributed by atoms with van der Waals surface area (Å²) < 4.78 is 0. The van der Waals surface area contributed by atoms with Gasteiger partial charge in [-0.3, -0.25) is 5.10 Å². The monoisotopic (exact) mass is 284 g/mol. The van der Waals surface area contributed by atoms with E-state index in [1.54, 1.807) is 11.3 Å². The molecule has 4 nitrogen and oxygen atoms in total. The molecule has 0 radical (unpaired) electrons. The Morgan fingerprint density at radius 1 is 1.30 bits per heavy atom. The first kappa shape index (κ1) is 13.0. The van der Waals surface area contributed by atoms with Gasteiger partial charge in [-0.25, -0.2) is 4.98 Å². The van der Waals surface area contributed by atoms with Crippen molar-refractivity contribution in [3.05, 3.63) is 58.2 Å². The van der Waals surface area contributed by atoms with Crippen LogP contribution >= 0.6 is 11.3 Å². The number of aromatic amines is 1. The molecule has 0 aliphatic rings. The highest BCUT2D eigenvalue weighted by Crippen LogP contribution is 2.27. The lowest BCUT2D eigenvalue weighted by atomic mass is 10.1. The maximum absolute atomic E-state index is 5.91. The van der Waals surface area contributed by atoms with E-state index in [-0.39, 0.29) is 5.92 Å².